The zero-order chi connectivity index (χ0) is 16.2. The highest BCUT2D eigenvalue weighted by Gasteiger charge is 2.12. The first-order chi connectivity index (χ1) is 10.3. The van der Waals surface area contributed by atoms with E-state index in [-0.39, 0.29) is 11.8 Å². The summed E-state index contributed by atoms with van der Waals surface area (Å²) >= 11 is 1.61. The number of aryl methyl sites for hydroxylation is 1. The predicted octanol–water partition coefficient (Wildman–Crippen LogP) is 2.89. The second-order valence-corrected chi connectivity index (χ2v) is 8.47. The van der Waals surface area contributed by atoms with Crippen LogP contribution in [-0.2, 0) is 22.3 Å². The van der Waals surface area contributed by atoms with E-state index in [0.717, 1.165) is 16.3 Å². The van der Waals surface area contributed by atoms with E-state index in [1.807, 2.05) is 51.2 Å². The average Bonchev–Trinajstić information content (AvgIpc) is 2.82. The van der Waals surface area contributed by atoms with Gasteiger partial charge < -0.3 is 5.32 Å². The van der Waals surface area contributed by atoms with Crippen molar-refractivity contribution in [3.05, 3.63) is 46.5 Å². The largest absolute Gasteiger partial charge is 0.357 e. The molecule has 0 aliphatic heterocycles. The SMILES string of the molecule is Cc1cnc(NCc2ccc(CS(=O)(=O)NC(C)C)cc2)s1. The fourth-order valence-electron chi connectivity index (χ4n) is 1.99. The van der Waals surface area contributed by atoms with Gasteiger partial charge in [0.2, 0.25) is 10.0 Å². The topological polar surface area (TPSA) is 71.1 Å². The third kappa shape index (κ3) is 5.40. The summed E-state index contributed by atoms with van der Waals surface area (Å²) in [6.07, 6.45) is 1.84. The maximum atomic E-state index is 11.9. The predicted molar refractivity (Wildman–Crippen MR) is 91.5 cm³/mol. The van der Waals surface area contributed by atoms with E-state index in [0.29, 0.717) is 6.54 Å². The van der Waals surface area contributed by atoms with Crippen LogP contribution in [0.25, 0.3) is 0 Å². The monoisotopic (exact) mass is 339 g/mol. The van der Waals surface area contributed by atoms with Crippen LogP contribution >= 0.6 is 11.3 Å². The first-order valence-electron chi connectivity index (χ1n) is 7.08. The molecule has 1 aromatic carbocycles. The number of benzene rings is 1. The van der Waals surface area contributed by atoms with Crippen molar-refractivity contribution in [3.63, 3.8) is 0 Å². The second kappa shape index (κ2) is 7.21. The van der Waals surface area contributed by atoms with Crippen LogP contribution in [0, 0.1) is 6.92 Å². The summed E-state index contributed by atoms with van der Waals surface area (Å²) in [5.41, 5.74) is 1.87. The molecular formula is C15H21N3O2S2. The molecule has 0 aliphatic carbocycles. The number of aromatic nitrogens is 1. The van der Waals surface area contributed by atoms with E-state index < -0.39 is 10.0 Å². The molecule has 22 heavy (non-hydrogen) atoms. The van der Waals surface area contributed by atoms with Crippen molar-refractivity contribution in [1.29, 1.82) is 0 Å². The average molecular weight is 339 g/mol. The Morgan fingerprint density at radius 2 is 1.82 bits per heavy atom. The zero-order valence-electron chi connectivity index (χ0n) is 13.0. The molecule has 0 fully saturated rings. The highest BCUT2D eigenvalue weighted by molar-refractivity contribution is 7.88. The van der Waals surface area contributed by atoms with Gasteiger partial charge in [0, 0.05) is 23.7 Å². The third-order valence-electron chi connectivity index (χ3n) is 2.86. The van der Waals surface area contributed by atoms with Gasteiger partial charge in [-0.3, -0.25) is 0 Å². The van der Waals surface area contributed by atoms with Crippen molar-refractivity contribution in [1.82, 2.24) is 9.71 Å². The number of anilines is 1. The van der Waals surface area contributed by atoms with Gasteiger partial charge in [0.1, 0.15) is 0 Å². The molecule has 0 radical (unpaired) electrons. The Morgan fingerprint density at radius 3 is 2.36 bits per heavy atom. The Morgan fingerprint density at radius 1 is 1.18 bits per heavy atom. The molecule has 0 saturated heterocycles. The van der Waals surface area contributed by atoms with Gasteiger partial charge in [-0.2, -0.15) is 0 Å². The van der Waals surface area contributed by atoms with Gasteiger partial charge in [-0.25, -0.2) is 18.1 Å². The highest BCUT2D eigenvalue weighted by atomic mass is 32.2. The molecule has 0 aliphatic rings. The molecule has 0 saturated carbocycles. The van der Waals surface area contributed by atoms with Crippen LogP contribution in [0.3, 0.4) is 0 Å². The van der Waals surface area contributed by atoms with Gasteiger partial charge in [-0.05, 0) is 31.9 Å². The Hall–Kier alpha value is -1.44. The van der Waals surface area contributed by atoms with Crippen LogP contribution in [0.5, 0.6) is 0 Å². The van der Waals surface area contributed by atoms with Crippen LogP contribution in [0.4, 0.5) is 5.13 Å². The van der Waals surface area contributed by atoms with Gasteiger partial charge in [0.25, 0.3) is 0 Å². The number of rotatable bonds is 7. The quantitative estimate of drug-likeness (QED) is 0.814. The van der Waals surface area contributed by atoms with Gasteiger partial charge in [0.15, 0.2) is 5.13 Å². The van der Waals surface area contributed by atoms with Crippen LogP contribution in [0.2, 0.25) is 0 Å². The van der Waals surface area contributed by atoms with Crippen molar-refractivity contribution in [2.24, 2.45) is 0 Å². The smallest absolute Gasteiger partial charge is 0.216 e. The summed E-state index contributed by atoms with van der Waals surface area (Å²) in [7, 11) is -3.27. The van der Waals surface area contributed by atoms with Crippen molar-refractivity contribution < 1.29 is 8.42 Å². The van der Waals surface area contributed by atoms with E-state index in [1.54, 1.807) is 11.3 Å². The third-order valence-corrected chi connectivity index (χ3v) is 5.27. The van der Waals surface area contributed by atoms with Crippen LogP contribution < -0.4 is 10.0 Å². The lowest BCUT2D eigenvalue weighted by Crippen LogP contribution is -2.31. The maximum absolute atomic E-state index is 11.9. The summed E-state index contributed by atoms with van der Waals surface area (Å²) in [4.78, 5) is 5.41. The van der Waals surface area contributed by atoms with Crippen molar-refractivity contribution in [2.75, 3.05) is 5.32 Å². The standard InChI is InChI=1S/C15H21N3O2S2/c1-11(2)18-22(19,20)10-14-6-4-13(5-7-14)9-17-15-16-8-12(3)21-15/h4-8,11,18H,9-10H2,1-3H3,(H,16,17). The fraction of sp³-hybridized carbons (Fsp3) is 0.400. The Labute approximate surface area is 135 Å². The van der Waals surface area contributed by atoms with Crippen LogP contribution in [-0.4, -0.2) is 19.4 Å². The molecule has 1 aromatic heterocycles. The molecule has 1 heterocycles. The van der Waals surface area contributed by atoms with E-state index in [9.17, 15) is 8.42 Å². The molecular weight excluding hydrogens is 318 g/mol. The zero-order valence-corrected chi connectivity index (χ0v) is 14.6. The Bertz CT molecular complexity index is 707. The van der Waals surface area contributed by atoms with Crippen molar-refractivity contribution >= 4 is 26.5 Å². The lowest BCUT2D eigenvalue weighted by molar-refractivity contribution is 0.569. The maximum Gasteiger partial charge on any atom is 0.216 e. The van der Waals surface area contributed by atoms with Gasteiger partial charge in [-0.1, -0.05) is 24.3 Å². The number of nitrogens with one attached hydrogen (secondary N) is 2. The van der Waals surface area contributed by atoms with Gasteiger partial charge in [-0.15, -0.1) is 11.3 Å². The number of thiazole rings is 1. The number of hydrogen-bond donors (Lipinski definition) is 2. The Balaban J connectivity index is 1.92. The van der Waals surface area contributed by atoms with Crippen molar-refractivity contribution in [2.45, 2.75) is 39.1 Å². The van der Waals surface area contributed by atoms with Gasteiger partial charge >= 0.3 is 0 Å². The van der Waals surface area contributed by atoms with Gasteiger partial charge in [0.05, 0.1) is 5.75 Å². The molecule has 0 bridgehead atoms. The minimum absolute atomic E-state index is 0.00453. The van der Waals surface area contributed by atoms with E-state index in [4.69, 9.17) is 0 Å². The van der Waals surface area contributed by atoms with E-state index in [1.165, 1.54) is 4.88 Å². The minimum Gasteiger partial charge on any atom is -0.357 e. The second-order valence-electron chi connectivity index (χ2n) is 5.48. The summed E-state index contributed by atoms with van der Waals surface area (Å²) in [5.74, 6) is 0.00453. The molecule has 2 aromatic rings. The first kappa shape index (κ1) is 16.9. The number of sulfonamides is 1. The molecule has 2 rings (SSSR count). The first-order valence-corrected chi connectivity index (χ1v) is 9.55. The summed E-state index contributed by atoms with van der Waals surface area (Å²) in [6, 6.07) is 7.49. The molecule has 0 atom stereocenters. The summed E-state index contributed by atoms with van der Waals surface area (Å²) in [6.45, 7) is 6.31. The lowest BCUT2D eigenvalue weighted by atomic mass is 10.1. The molecule has 0 amide bonds. The fourth-order valence-corrected chi connectivity index (χ4v) is 4.08. The molecule has 5 nitrogen and oxygen atoms in total. The minimum atomic E-state index is -3.27. The van der Waals surface area contributed by atoms with E-state index in [2.05, 4.69) is 15.0 Å². The van der Waals surface area contributed by atoms with Crippen LogP contribution in [0.15, 0.2) is 30.5 Å². The molecule has 0 unspecified atom stereocenters. The Kier molecular flexibility index (Phi) is 5.55. The summed E-state index contributed by atoms with van der Waals surface area (Å²) < 4.78 is 26.3. The normalized spacial score (nSPS) is 11.8. The number of nitrogens with zero attached hydrogens (tertiary/aromatic N) is 1. The lowest BCUT2D eigenvalue weighted by Gasteiger charge is -2.10. The highest BCUT2D eigenvalue weighted by Crippen LogP contribution is 2.17. The molecule has 2 N–H and O–H groups in total. The molecule has 120 valence electrons. The number of hydrogen-bond acceptors (Lipinski definition) is 5. The summed E-state index contributed by atoms with van der Waals surface area (Å²) in [5, 5.41) is 4.15. The molecule has 0 spiro atoms. The van der Waals surface area contributed by atoms with E-state index >= 15 is 0 Å². The van der Waals surface area contributed by atoms with Crippen molar-refractivity contribution in [3.8, 4) is 0 Å². The molecule has 7 heteroatoms. The van der Waals surface area contributed by atoms with Crippen LogP contribution in [0.1, 0.15) is 29.9 Å².